The lowest BCUT2D eigenvalue weighted by molar-refractivity contribution is 0.198. The number of piperidine rings is 1. The lowest BCUT2D eigenvalue weighted by Crippen LogP contribution is -2.42. The van der Waals surface area contributed by atoms with Crippen LogP contribution >= 0.6 is 0 Å². The number of likely N-dealkylation sites (tertiary alicyclic amines) is 1. The molecule has 1 aliphatic heterocycles. The predicted octanol–water partition coefficient (Wildman–Crippen LogP) is 2.42. The molecular formula is C13H26N2. The fourth-order valence-electron chi connectivity index (χ4n) is 2.21. The van der Waals surface area contributed by atoms with Crippen molar-refractivity contribution in [2.24, 2.45) is 0 Å². The van der Waals surface area contributed by atoms with E-state index in [1.54, 1.807) is 0 Å². The molecule has 0 saturated carbocycles. The van der Waals surface area contributed by atoms with Crippen LogP contribution in [0.3, 0.4) is 0 Å². The quantitative estimate of drug-likeness (QED) is 0.535. The molecule has 1 N–H and O–H groups in total. The Kier molecular flexibility index (Phi) is 6.69. The maximum absolute atomic E-state index is 3.64. The molecule has 15 heavy (non-hydrogen) atoms. The van der Waals surface area contributed by atoms with E-state index < -0.39 is 0 Å². The molecule has 1 fully saturated rings. The summed E-state index contributed by atoms with van der Waals surface area (Å²) in [6, 6.07) is 0.767. The van der Waals surface area contributed by atoms with Crippen molar-refractivity contribution < 1.29 is 0 Å². The first kappa shape index (κ1) is 12.7. The standard InChI is InChI=1S/C13H26N2/c1-3-5-6-9-14-13-7-11-15(10-4-2)12-8-13/h3,5,13-14H,4,6-12H2,1-2H3/b5-3+. The highest BCUT2D eigenvalue weighted by molar-refractivity contribution is 4.81. The highest BCUT2D eigenvalue weighted by Crippen LogP contribution is 2.10. The van der Waals surface area contributed by atoms with Gasteiger partial charge in [-0.05, 0) is 58.8 Å². The average Bonchev–Trinajstić information content (AvgIpc) is 2.27. The van der Waals surface area contributed by atoms with Crippen molar-refractivity contribution in [2.75, 3.05) is 26.2 Å². The molecule has 1 rings (SSSR count). The third-order valence-corrected chi connectivity index (χ3v) is 3.11. The Balaban J connectivity index is 2.04. The van der Waals surface area contributed by atoms with Crippen molar-refractivity contribution in [1.82, 2.24) is 10.2 Å². The number of rotatable bonds is 6. The van der Waals surface area contributed by atoms with Crippen molar-refractivity contribution in [3.63, 3.8) is 0 Å². The average molecular weight is 210 g/mol. The zero-order valence-electron chi connectivity index (χ0n) is 10.3. The van der Waals surface area contributed by atoms with E-state index in [1.807, 2.05) is 0 Å². The van der Waals surface area contributed by atoms with Crippen LogP contribution in [0.1, 0.15) is 39.5 Å². The third-order valence-electron chi connectivity index (χ3n) is 3.11. The summed E-state index contributed by atoms with van der Waals surface area (Å²) < 4.78 is 0. The van der Waals surface area contributed by atoms with Crippen molar-refractivity contribution >= 4 is 0 Å². The van der Waals surface area contributed by atoms with Gasteiger partial charge in [0, 0.05) is 6.04 Å². The van der Waals surface area contributed by atoms with Gasteiger partial charge < -0.3 is 10.2 Å². The summed E-state index contributed by atoms with van der Waals surface area (Å²) >= 11 is 0. The SMILES string of the molecule is C/C=C/CCNC1CCN(CCC)CC1. The summed E-state index contributed by atoms with van der Waals surface area (Å²) in [6.45, 7) is 9.35. The fourth-order valence-corrected chi connectivity index (χ4v) is 2.21. The maximum atomic E-state index is 3.64. The van der Waals surface area contributed by atoms with Crippen LogP contribution in [-0.4, -0.2) is 37.1 Å². The van der Waals surface area contributed by atoms with Crippen LogP contribution in [-0.2, 0) is 0 Å². The summed E-state index contributed by atoms with van der Waals surface area (Å²) in [4.78, 5) is 2.59. The molecule has 0 unspecified atom stereocenters. The summed E-state index contributed by atoms with van der Waals surface area (Å²) in [7, 11) is 0. The smallest absolute Gasteiger partial charge is 0.00915 e. The van der Waals surface area contributed by atoms with E-state index in [0.29, 0.717) is 0 Å². The molecular weight excluding hydrogens is 184 g/mol. The van der Waals surface area contributed by atoms with E-state index >= 15 is 0 Å². The second-order valence-corrected chi connectivity index (χ2v) is 4.43. The summed E-state index contributed by atoms with van der Waals surface area (Å²) in [5.41, 5.74) is 0. The number of nitrogens with zero attached hydrogens (tertiary/aromatic N) is 1. The van der Waals surface area contributed by atoms with Gasteiger partial charge >= 0.3 is 0 Å². The van der Waals surface area contributed by atoms with E-state index in [0.717, 1.165) is 12.6 Å². The van der Waals surface area contributed by atoms with Crippen molar-refractivity contribution in [1.29, 1.82) is 0 Å². The largest absolute Gasteiger partial charge is 0.314 e. The second kappa shape index (κ2) is 7.89. The van der Waals surface area contributed by atoms with Gasteiger partial charge in [-0.1, -0.05) is 19.1 Å². The van der Waals surface area contributed by atoms with Crippen LogP contribution in [0.15, 0.2) is 12.2 Å². The van der Waals surface area contributed by atoms with Gasteiger partial charge in [-0.3, -0.25) is 0 Å². The number of allylic oxidation sites excluding steroid dienone is 1. The first-order chi connectivity index (χ1) is 7.36. The Morgan fingerprint density at radius 2 is 2.07 bits per heavy atom. The van der Waals surface area contributed by atoms with Gasteiger partial charge in [-0.25, -0.2) is 0 Å². The van der Waals surface area contributed by atoms with Gasteiger partial charge in [0.15, 0.2) is 0 Å². The highest BCUT2D eigenvalue weighted by atomic mass is 15.1. The Hall–Kier alpha value is -0.340. The van der Waals surface area contributed by atoms with E-state index in [-0.39, 0.29) is 0 Å². The molecule has 1 saturated heterocycles. The Labute approximate surface area is 94.7 Å². The molecule has 1 heterocycles. The zero-order valence-corrected chi connectivity index (χ0v) is 10.3. The van der Waals surface area contributed by atoms with Crippen molar-refractivity contribution in [2.45, 2.75) is 45.6 Å². The third kappa shape index (κ3) is 5.33. The van der Waals surface area contributed by atoms with E-state index in [1.165, 1.54) is 45.3 Å². The molecule has 0 amide bonds. The van der Waals surface area contributed by atoms with Gasteiger partial charge in [-0.2, -0.15) is 0 Å². The Morgan fingerprint density at radius 1 is 1.33 bits per heavy atom. The van der Waals surface area contributed by atoms with Gasteiger partial charge in [0.05, 0.1) is 0 Å². The molecule has 0 radical (unpaired) electrons. The van der Waals surface area contributed by atoms with Gasteiger partial charge in [0.2, 0.25) is 0 Å². The van der Waals surface area contributed by atoms with Crippen LogP contribution < -0.4 is 5.32 Å². The molecule has 2 nitrogen and oxygen atoms in total. The van der Waals surface area contributed by atoms with Crippen LogP contribution in [0.4, 0.5) is 0 Å². The van der Waals surface area contributed by atoms with Crippen LogP contribution in [0.5, 0.6) is 0 Å². The van der Waals surface area contributed by atoms with Crippen molar-refractivity contribution in [3.8, 4) is 0 Å². The predicted molar refractivity (Wildman–Crippen MR) is 67.2 cm³/mol. The van der Waals surface area contributed by atoms with Crippen LogP contribution in [0, 0.1) is 0 Å². The fraction of sp³-hybridized carbons (Fsp3) is 0.846. The van der Waals surface area contributed by atoms with Gasteiger partial charge in [-0.15, -0.1) is 0 Å². The Morgan fingerprint density at radius 3 is 2.67 bits per heavy atom. The van der Waals surface area contributed by atoms with Crippen LogP contribution in [0.2, 0.25) is 0 Å². The molecule has 0 bridgehead atoms. The highest BCUT2D eigenvalue weighted by Gasteiger charge is 2.17. The Bertz CT molecular complexity index is 169. The lowest BCUT2D eigenvalue weighted by atomic mass is 10.0. The number of hydrogen-bond donors (Lipinski definition) is 1. The summed E-state index contributed by atoms with van der Waals surface area (Å²) in [5.74, 6) is 0. The minimum absolute atomic E-state index is 0.767. The minimum atomic E-state index is 0.767. The molecule has 0 aliphatic carbocycles. The zero-order chi connectivity index (χ0) is 10.9. The van der Waals surface area contributed by atoms with Crippen LogP contribution in [0.25, 0.3) is 0 Å². The lowest BCUT2D eigenvalue weighted by Gasteiger charge is -2.32. The molecule has 0 spiro atoms. The summed E-state index contributed by atoms with van der Waals surface area (Å²) in [5, 5.41) is 3.64. The van der Waals surface area contributed by atoms with E-state index in [2.05, 4.69) is 36.2 Å². The molecule has 0 aromatic carbocycles. The first-order valence-corrected chi connectivity index (χ1v) is 6.43. The molecule has 1 aliphatic rings. The second-order valence-electron chi connectivity index (χ2n) is 4.43. The topological polar surface area (TPSA) is 15.3 Å². The minimum Gasteiger partial charge on any atom is -0.314 e. The van der Waals surface area contributed by atoms with Gasteiger partial charge in [0.25, 0.3) is 0 Å². The summed E-state index contributed by atoms with van der Waals surface area (Å²) in [6.07, 6.45) is 9.49. The molecule has 0 aromatic heterocycles. The van der Waals surface area contributed by atoms with Crippen molar-refractivity contribution in [3.05, 3.63) is 12.2 Å². The van der Waals surface area contributed by atoms with E-state index in [4.69, 9.17) is 0 Å². The maximum Gasteiger partial charge on any atom is 0.00915 e. The van der Waals surface area contributed by atoms with E-state index in [9.17, 15) is 0 Å². The normalized spacial score (nSPS) is 20.1. The first-order valence-electron chi connectivity index (χ1n) is 6.43. The molecule has 0 aromatic rings. The molecule has 88 valence electrons. The molecule has 0 atom stereocenters. The monoisotopic (exact) mass is 210 g/mol. The number of nitrogens with one attached hydrogen (secondary N) is 1. The van der Waals surface area contributed by atoms with Gasteiger partial charge in [0.1, 0.15) is 0 Å². The molecule has 2 heteroatoms. The number of hydrogen-bond acceptors (Lipinski definition) is 2.